The van der Waals surface area contributed by atoms with Crippen molar-refractivity contribution in [1.82, 2.24) is 15.5 Å². The van der Waals surface area contributed by atoms with E-state index in [9.17, 15) is 48.2 Å². The number of nitrogens with one attached hydrogen (secondary N) is 2. The number of amides is 2. The monoisotopic (exact) mass is 1800 g/mol. The van der Waals surface area contributed by atoms with Crippen LogP contribution in [0.25, 0.3) is 0 Å². The predicted molar refractivity (Wildman–Crippen MR) is 517 cm³/mol. The minimum absolute atomic E-state index is 0.0783. The van der Waals surface area contributed by atoms with Crippen LogP contribution < -0.4 is 10.6 Å². The molecule has 1 aliphatic rings. The lowest BCUT2D eigenvalue weighted by molar-refractivity contribution is -0.270. The molecule has 0 bridgehead atoms. The quantitative estimate of drug-likeness (QED) is 0.0164. The number of esters is 4. The Kier molecular flexibility index (Phi) is 88.9. The zero-order chi connectivity index (χ0) is 91.8. The van der Waals surface area contributed by atoms with E-state index in [4.69, 9.17) is 32.9 Å². The Morgan fingerprint density at radius 1 is 0.336 bits per heavy atom. The van der Waals surface area contributed by atoms with E-state index in [-0.39, 0.29) is 57.1 Å². The van der Waals surface area contributed by atoms with E-state index in [0.717, 1.165) is 148 Å². The van der Waals surface area contributed by atoms with Gasteiger partial charge in [0, 0.05) is 25.8 Å². The first-order valence-electron chi connectivity index (χ1n) is 53.6. The van der Waals surface area contributed by atoms with E-state index in [0.29, 0.717) is 44.9 Å². The molecule has 21 heteroatoms. The molecule has 0 unspecified atom stereocenters. The van der Waals surface area contributed by atoms with Crippen molar-refractivity contribution in [3.05, 3.63) is 0 Å². The van der Waals surface area contributed by atoms with Gasteiger partial charge in [-0.3, -0.25) is 33.3 Å². The second-order valence-corrected chi connectivity index (χ2v) is 38.1. The molecule has 0 spiro atoms. The van der Waals surface area contributed by atoms with E-state index in [2.05, 4.69) is 77.8 Å². The van der Waals surface area contributed by atoms with Gasteiger partial charge in [-0.15, -0.1) is 0 Å². The molecule has 2 amide bonds. The Morgan fingerprint density at radius 3 is 0.848 bits per heavy atom. The number of hydrogen-bond donors (Lipinski definition) is 5. The van der Waals surface area contributed by atoms with Gasteiger partial charge >= 0.3 is 31.7 Å². The van der Waals surface area contributed by atoms with E-state index in [1.807, 2.05) is 0 Å². The molecule has 8 atom stereocenters. The minimum atomic E-state index is -5.48. The van der Waals surface area contributed by atoms with Crippen molar-refractivity contribution in [2.45, 2.75) is 593 Å². The van der Waals surface area contributed by atoms with Gasteiger partial charge in [0.2, 0.25) is 11.8 Å². The number of rotatable bonds is 93. The summed E-state index contributed by atoms with van der Waals surface area (Å²) < 4.78 is 55.9. The van der Waals surface area contributed by atoms with Gasteiger partial charge in [-0.2, -0.15) is 0 Å². The third-order valence-electron chi connectivity index (χ3n) is 25.2. The van der Waals surface area contributed by atoms with Gasteiger partial charge in [-0.1, -0.05) is 448 Å². The topological polar surface area (TPSA) is 272 Å². The highest BCUT2D eigenvalue weighted by Gasteiger charge is 2.52. The highest BCUT2D eigenvalue weighted by molar-refractivity contribution is 7.46. The fourth-order valence-corrected chi connectivity index (χ4v) is 17.7. The molecule has 0 saturated carbocycles. The summed E-state index contributed by atoms with van der Waals surface area (Å²) in [5, 5.41) is 16.9. The van der Waals surface area contributed by atoms with E-state index in [1.54, 1.807) is 0 Å². The highest BCUT2D eigenvalue weighted by Crippen LogP contribution is 2.43. The molecule has 1 heterocycles. The molecular formula is C104H202N3O17P. The third-order valence-corrected chi connectivity index (χ3v) is 25.7. The number of carbonyl (C=O) groups is 6. The number of phosphoric ester groups is 1. The first-order chi connectivity index (χ1) is 60.9. The summed E-state index contributed by atoms with van der Waals surface area (Å²) >= 11 is 0. The first-order valence-corrected chi connectivity index (χ1v) is 55.1. The Balaban J connectivity index is 0.0000210. The average molecular weight is 1800 g/mol. The number of unbranched alkanes of at least 4 members (excludes halogenated alkanes) is 60. The highest BCUT2D eigenvalue weighted by atomic mass is 31.2. The van der Waals surface area contributed by atoms with Gasteiger partial charge in [0.25, 0.3) is 0 Å². The molecule has 1 aliphatic heterocycles. The van der Waals surface area contributed by atoms with Crippen LogP contribution in [0.4, 0.5) is 0 Å². The second kappa shape index (κ2) is 91.3. The maximum Gasteiger partial charge on any atom is 0.470 e. The first kappa shape index (κ1) is 122. The van der Waals surface area contributed by atoms with Crippen LogP contribution in [0.15, 0.2) is 0 Å². The van der Waals surface area contributed by atoms with Crippen molar-refractivity contribution in [3.63, 3.8) is 0 Å². The van der Waals surface area contributed by atoms with Crippen molar-refractivity contribution < 1.29 is 81.2 Å². The molecule has 1 rings (SSSR count). The largest absolute Gasteiger partial charge is 0.470 e. The summed E-state index contributed by atoms with van der Waals surface area (Å²) in [4.78, 5) is 108. The average Bonchev–Trinajstić information content (AvgIpc) is 0.779. The Morgan fingerprint density at radius 2 is 0.592 bits per heavy atom. The lowest BCUT2D eigenvalue weighted by Gasteiger charge is -2.45. The van der Waals surface area contributed by atoms with Crippen LogP contribution in [0, 0.1) is 0 Å². The molecule has 1 saturated heterocycles. The van der Waals surface area contributed by atoms with Crippen LogP contribution in [0.2, 0.25) is 0 Å². The SMILES string of the molecule is CCCCCCCCCCCCCCCCCC(=O)O[C@H](CCCCCCCCCCC)CC(=O)N[C@H]1[C@@H](OCCNC(=O)C[C@@H](CCCCCCCCCCC)OC(=O)CCCCCCCCCCCCCCC)O[C@H](CO)[C@@H](OP(=O)(O)O)[C@@H]1OC(=O)C[C@@H](CCCCCCCCCCC)OC(=O)CCCCCCCCCCCCC.CCN(CC)CC. The van der Waals surface area contributed by atoms with Crippen LogP contribution in [0.1, 0.15) is 544 Å². The van der Waals surface area contributed by atoms with Crippen LogP contribution in [0.3, 0.4) is 0 Å². The van der Waals surface area contributed by atoms with Gasteiger partial charge in [0.15, 0.2) is 12.4 Å². The number of nitrogens with zero attached hydrogens (tertiary/aromatic N) is 1. The standard InChI is InChI=1S/C98H187N2O17P.C6H15N/c1-7-13-19-25-31-37-40-42-43-45-48-54-60-65-71-77-92(105)113-86(74-68-62-56-50-35-29-23-17-11-5)82-90(103)100-95-97(116-94(107)83-87(75-69-63-57-51-36-30-24-18-12-6)114-93(106)78-72-66-58-52-46-39-33-27-21-15-9-3)96(117-118(108,109)110)88(84-101)115-98(95)111-80-79-99-89(102)81-85(73-67-61-55-49-34-28-22-16-10-4)112-91(104)76-70-64-59-53-47-44-41-38-32-26-20-14-8-2;1-4-7(5-2)6-3/h85-88,95-98,101H,7-84H2,1-6H3,(H,99,102)(H,100,103)(H2,108,109,110);4-6H2,1-3H3/t85-,86-,87-,88-,95-,96-,97-,98+;/m1./s1. The van der Waals surface area contributed by atoms with Gasteiger partial charge in [-0.25, -0.2) is 4.57 Å². The van der Waals surface area contributed by atoms with Crippen LogP contribution in [-0.2, 0) is 66.3 Å². The molecule has 0 aromatic carbocycles. The zero-order valence-corrected chi connectivity index (χ0v) is 83.7. The van der Waals surface area contributed by atoms with Gasteiger partial charge < -0.3 is 58.8 Å². The normalized spacial score (nSPS) is 16.0. The smallest absolute Gasteiger partial charge is 0.462 e. The number of phosphoric acid groups is 1. The van der Waals surface area contributed by atoms with Crippen LogP contribution in [0.5, 0.6) is 0 Å². The molecule has 0 aliphatic carbocycles. The maximum atomic E-state index is 15.0. The number of hydrogen-bond acceptors (Lipinski definition) is 16. The van der Waals surface area contributed by atoms with Gasteiger partial charge in [-0.05, 0) is 77.4 Å². The van der Waals surface area contributed by atoms with Gasteiger partial charge in [0.05, 0.1) is 32.5 Å². The molecule has 5 N–H and O–H groups in total. The number of aliphatic hydroxyl groups excluding tert-OH is 1. The number of carbonyl (C=O) groups excluding carboxylic acids is 6. The summed E-state index contributed by atoms with van der Waals surface area (Å²) in [7, 11) is -5.48. The maximum absolute atomic E-state index is 15.0. The summed E-state index contributed by atoms with van der Waals surface area (Å²) in [6.45, 7) is 22.2. The zero-order valence-electron chi connectivity index (χ0n) is 82.8. The fraction of sp³-hybridized carbons (Fsp3) is 0.942. The van der Waals surface area contributed by atoms with Crippen molar-refractivity contribution >= 4 is 43.5 Å². The van der Waals surface area contributed by atoms with Crippen LogP contribution in [-0.4, -0.2) is 144 Å². The number of aliphatic hydroxyl groups is 1. The van der Waals surface area contributed by atoms with E-state index in [1.165, 1.54) is 270 Å². The van der Waals surface area contributed by atoms with Crippen molar-refractivity contribution in [1.29, 1.82) is 0 Å². The van der Waals surface area contributed by atoms with Crippen molar-refractivity contribution in [3.8, 4) is 0 Å². The molecule has 0 aromatic rings. The van der Waals surface area contributed by atoms with Gasteiger partial charge in [0.1, 0.15) is 36.6 Å². The third kappa shape index (κ3) is 79.1. The lowest BCUT2D eigenvalue weighted by atomic mass is 9.96. The second-order valence-electron chi connectivity index (χ2n) is 37.0. The molecule has 0 radical (unpaired) electrons. The van der Waals surface area contributed by atoms with E-state index >= 15 is 0 Å². The molecule has 740 valence electrons. The summed E-state index contributed by atoms with van der Waals surface area (Å²) in [6.07, 6.45) is 66.4. The summed E-state index contributed by atoms with van der Waals surface area (Å²) in [5.41, 5.74) is 0. The Labute approximate surface area is 768 Å². The van der Waals surface area contributed by atoms with Crippen LogP contribution >= 0.6 is 7.82 Å². The fourth-order valence-electron chi connectivity index (χ4n) is 17.2. The predicted octanol–water partition coefficient (Wildman–Crippen LogP) is 28.2. The van der Waals surface area contributed by atoms with Crippen molar-refractivity contribution in [2.75, 3.05) is 39.4 Å². The summed E-state index contributed by atoms with van der Waals surface area (Å²) in [5.74, 6) is -3.13. The minimum Gasteiger partial charge on any atom is -0.462 e. The number of ether oxygens (including phenoxy) is 6. The molecule has 1 fully saturated rings. The molecule has 125 heavy (non-hydrogen) atoms. The summed E-state index contributed by atoms with van der Waals surface area (Å²) in [6, 6.07) is -1.58. The van der Waals surface area contributed by atoms with E-state index < -0.39 is 93.6 Å². The molecule has 0 aromatic heterocycles. The Hall–Kier alpha value is -3.23. The molecular weight excluding hydrogens is 1590 g/mol. The molecule has 20 nitrogen and oxygen atoms in total. The lowest BCUT2D eigenvalue weighted by Crippen LogP contribution is -2.66. The Bertz CT molecular complexity index is 2450. The van der Waals surface area contributed by atoms with Crippen molar-refractivity contribution in [2.24, 2.45) is 0 Å².